The summed E-state index contributed by atoms with van der Waals surface area (Å²) in [6.45, 7) is 6.88. The molecule has 2 aliphatic heterocycles. The van der Waals surface area contributed by atoms with Gasteiger partial charge in [0.2, 0.25) is 5.91 Å². The molecule has 1 amide bonds. The fourth-order valence-corrected chi connectivity index (χ4v) is 4.35. The van der Waals surface area contributed by atoms with Gasteiger partial charge in [-0.25, -0.2) is 4.39 Å². The van der Waals surface area contributed by atoms with Crippen molar-refractivity contribution in [3.8, 4) is 0 Å². The first-order chi connectivity index (χ1) is 12.0. The molecular formula is C20H24FN3O. The lowest BCUT2D eigenvalue weighted by atomic mass is 9.85. The van der Waals surface area contributed by atoms with Crippen LogP contribution in [0.25, 0.3) is 16.5 Å². The monoisotopic (exact) mass is 341 g/mol. The zero-order chi connectivity index (χ0) is 17.7. The van der Waals surface area contributed by atoms with Gasteiger partial charge in [-0.3, -0.25) is 9.69 Å². The number of carbonyl (C=O) groups is 1. The van der Waals surface area contributed by atoms with Gasteiger partial charge in [0, 0.05) is 43.3 Å². The number of likely N-dealkylation sites (N-methyl/N-ethyl adjacent to an activating group) is 1. The molecule has 3 heterocycles. The van der Waals surface area contributed by atoms with Gasteiger partial charge in [-0.05, 0) is 44.7 Å². The number of carbonyl (C=O) groups excluding carboxylic acids is 1. The van der Waals surface area contributed by atoms with E-state index in [0.29, 0.717) is 25.2 Å². The van der Waals surface area contributed by atoms with Crippen LogP contribution in [0.3, 0.4) is 0 Å². The maximum atomic E-state index is 14.8. The van der Waals surface area contributed by atoms with Crippen molar-refractivity contribution in [2.75, 3.05) is 26.7 Å². The summed E-state index contributed by atoms with van der Waals surface area (Å²) in [6, 6.07) is 5.52. The van der Waals surface area contributed by atoms with E-state index >= 15 is 0 Å². The molecule has 25 heavy (non-hydrogen) atoms. The number of fused-ring (bicyclic) bond motifs is 2. The highest BCUT2D eigenvalue weighted by atomic mass is 19.1. The highest BCUT2D eigenvalue weighted by molar-refractivity contribution is 5.96. The molecule has 0 spiro atoms. The Kier molecular flexibility index (Phi) is 3.91. The van der Waals surface area contributed by atoms with Crippen LogP contribution in [0.15, 0.2) is 30.5 Å². The Morgan fingerprint density at radius 3 is 2.72 bits per heavy atom. The Bertz CT molecular complexity index is 865. The molecule has 2 atom stereocenters. The molecule has 4 rings (SSSR count). The third-order valence-electron chi connectivity index (χ3n) is 5.69. The summed E-state index contributed by atoms with van der Waals surface area (Å²) in [5, 5.41) is 1.05. The van der Waals surface area contributed by atoms with Crippen LogP contribution in [-0.2, 0) is 11.3 Å². The van der Waals surface area contributed by atoms with Gasteiger partial charge in [0.05, 0.1) is 17.5 Å². The van der Waals surface area contributed by atoms with Crippen molar-refractivity contribution in [2.24, 2.45) is 5.92 Å². The maximum absolute atomic E-state index is 14.8. The van der Waals surface area contributed by atoms with Gasteiger partial charge in [-0.1, -0.05) is 6.08 Å². The lowest BCUT2D eigenvalue weighted by molar-refractivity contribution is -0.134. The molecule has 2 unspecified atom stereocenters. The lowest BCUT2D eigenvalue weighted by Gasteiger charge is -2.41. The number of amides is 1. The molecule has 0 aliphatic carbocycles. The maximum Gasteiger partial charge on any atom is 0.230 e. The zero-order valence-electron chi connectivity index (χ0n) is 15.0. The van der Waals surface area contributed by atoms with Crippen molar-refractivity contribution in [1.29, 1.82) is 0 Å². The number of halogens is 1. The average molecular weight is 341 g/mol. The quantitative estimate of drug-likeness (QED) is 0.859. The van der Waals surface area contributed by atoms with Crippen molar-refractivity contribution < 1.29 is 9.18 Å². The first-order valence-electron chi connectivity index (χ1n) is 9.03. The normalized spacial score (nSPS) is 22.6. The Balaban J connectivity index is 1.85. The molecule has 2 aromatic rings. The van der Waals surface area contributed by atoms with Crippen LogP contribution in [0.2, 0.25) is 0 Å². The summed E-state index contributed by atoms with van der Waals surface area (Å²) >= 11 is 0. The van der Waals surface area contributed by atoms with Crippen molar-refractivity contribution in [3.63, 3.8) is 0 Å². The molecular weight excluding hydrogens is 317 g/mol. The molecule has 0 bridgehead atoms. The number of nitrogens with zero attached hydrogens (tertiary/aromatic N) is 3. The molecule has 0 N–H and O–H groups in total. The van der Waals surface area contributed by atoms with Crippen LogP contribution < -0.4 is 0 Å². The minimum atomic E-state index is -0.215. The minimum Gasteiger partial charge on any atom is -0.345 e. The van der Waals surface area contributed by atoms with E-state index in [9.17, 15) is 9.18 Å². The number of hydrogen-bond acceptors (Lipinski definition) is 2. The molecule has 2 aliphatic rings. The van der Waals surface area contributed by atoms with Gasteiger partial charge in [0.15, 0.2) is 0 Å². The van der Waals surface area contributed by atoms with E-state index in [4.69, 9.17) is 0 Å². The Morgan fingerprint density at radius 2 is 2.00 bits per heavy atom. The number of aromatic nitrogens is 1. The Labute approximate surface area is 147 Å². The summed E-state index contributed by atoms with van der Waals surface area (Å²) in [5.41, 5.74) is 2.59. The molecule has 0 saturated heterocycles. The number of hydrogen-bond donors (Lipinski definition) is 0. The average Bonchev–Trinajstić information content (AvgIpc) is 3.02. The molecule has 0 saturated carbocycles. The summed E-state index contributed by atoms with van der Waals surface area (Å²) in [4.78, 5) is 16.9. The minimum absolute atomic E-state index is 0.112. The van der Waals surface area contributed by atoms with Crippen LogP contribution in [-0.4, -0.2) is 53.0 Å². The van der Waals surface area contributed by atoms with Crippen molar-refractivity contribution in [2.45, 2.75) is 26.4 Å². The predicted molar refractivity (Wildman–Crippen MR) is 97.7 cm³/mol. The highest BCUT2D eigenvalue weighted by Crippen LogP contribution is 2.40. The molecule has 1 aromatic heterocycles. The van der Waals surface area contributed by atoms with Gasteiger partial charge in [0.25, 0.3) is 0 Å². The summed E-state index contributed by atoms with van der Waals surface area (Å²) in [7, 11) is 2.03. The summed E-state index contributed by atoms with van der Waals surface area (Å²) in [6.07, 6.45) is 4.06. The molecule has 132 valence electrons. The van der Waals surface area contributed by atoms with Gasteiger partial charge < -0.3 is 9.47 Å². The molecule has 4 nitrogen and oxygen atoms in total. The first-order valence-corrected chi connectivity index (χ1v) is 9.03. The molecule has 5 heteroatoms. The zero-order valence-corrected chi connectivity index (χ0v) is 15.0. The highest BCUT2D eigenvalue weighted by Gasteiger charge is 2.37. The standard InChI is InChI=1S/C20H24FN3O/c1-4-23(5-2)20(25)14-10-15-17(22(3)11-14)12-24-9-8-13-6-7-16(21)18(15)19(13)24/h6-10,14,17H,4-5,11-12H2,1-3H3. The van der Waals surface area contributed by atoms with Crippen molar-refractivity contribution >= 4 is 22.4 Å². The topological polar surface area (TPSA) is 28.5 Å². The Morgan fingerprint density at radius 1 is 1.24 bits per heavy atom. The fourth-order valence-electron chi connectivity index (χ4n) is 4.35. The molecule has 1 aromatic carbocycles. The van der Waals surface area contributed by atoms with Gasteiger partial charge in [-0.15, -0.1) is 0 Å². The molecule has 0 radical (unpaired) electrons. The van der Waals surface area contributed by atoms with Gasteiger partial charge >= 0.3 is 0 Å². The van der Waals surface area contributed by atoms with E-state index < -0.39 is 0 Å². The Hall–Kier alpha value is -2.14. The van der Waals surface area contributed by atoms with Gasteiger partial charge in [0.1, 0.15) is 5.82 Å². The van der Waals surface area contributed by atoms with Crippen molar-refractivity contribution in [1.82, 2.24) is 14.4 Å². The van der Waals surface area contributed by atoms with E-state index in [0.717, 1.165) is 23.0 Å². The van der Waals surface area contributed by atoms with Crippen molar-refractivity contribution in [3.05, 3.63) is 41.9 Å². The predicted octanol–water partition coefficient (Wildman–Crippen LogP) is 2.98. The second-order valence-corrected chi connectivity index (χ2v) is 7.02. The fraction of sp³-hybridized carbons (Fsp3) is 0.450. The number of benzene rings is 1. The van der Waals surface area contributed by atoms with E-state index in [2.05, 4.69) is 9.47 Å². The van der Waals surface area contributed by atoms with E-state index in [1.807, 2.05) is 50.2 Å². The van der Waals surface area contributed by atoms with Gasteiger partial charge in [-0.2, -0.15) is 0 Å². The summed E-state index contributed by atoms with van der Waals surface area (Å²) < 4.78 is 16.9. The van der Waals surface area contributed by atoms with Crippen LogP contribution in [0, 0.1) is 11.7 Å². The lowest BCUT2D eigenvalue weighted by Crippen LogP contribution is -2.48. The van der Waals surface area contributed by atoms with Crippen LogP contribution in [0.5, 0.6) is 0 Å². The summed E-state index contributed by atoms with van der Waals surface area (Å²) in [5.74, 6) is -0.281. The first kappa shape index (κ1) is 16.3. The largest absolute Gasteiger partial charge is 0.345 e. The van der Waals surface area contributed by atoms with E-state index in [1.54, 1.807) is 6.07 Å². The third-order valence-corrected chi connectivity index (χ3v) is 5.69. The van der Waals surface area contributed by atoms with Crippen LogP contribution in [0.1, 0.15) is 19.4 Å². The second kappa shape index (κ2) is 5.99. The van der Waals surface area contributed by atoms with Crippen LogP contribution in [0.4, 0.5) is 4.39 Å². The number of rotatable bonds is 3. The second-order valence-electron chi connectivity index (χ2n) is 7.02. The third kappa shape index (κ3) is 2.41. The van der Waals surface area contributed by atoms with E-state index in [-0.39, 0.29) is 23.7 Å². The van der Waals surface area contributed by atoms with Crippen LogP contribution >= 0.6 is 0 Å². The smallest absolute Gasteiger partial charge is 0.230 e. The molecule has 0 fully saturated rings. The van der Waals surface area contributed by atoms with E-state index in [1.165, 1.54) is 0 Å². The SMILES string of the molecule is CCN(CC)C(=O)C1C=C2c3c(F)ccc4ccn(c34)CC2N(C)C1.